The highest BCUT2D eigenvalue weighted by atomic mass is 16.6. The van der Waals surface area contributed by atoms with E-state index in [0.29, 0.717) is 17.9 Å². The summed E-state index contributed by atoms with van der Waals surface area (Å²) in [5.74, 6) is -0.132. The first-order chi connectivity index (χ1) is 23.3. The van der Waals surface area contributed by atoms with Crippen LogP contribution in [-0.4, -0.2) is 29.6 Å². The van der Waals surface area contributed by atoms with E-state index in [-0.39, 0.29) is 31.2 Å². The zero-order valence-electron chi connectivity index (χ0n) is 26.3. The Morgan fingerprint density at radius 3 is 1.92 bits per heavy atom. The van der Waals surface area contributed by atoms with Crippen molar-refractivity contribution in [3.8, 4) is 16.9 Å². The molecule has 0 saturated heterocycles. The molecule has 0 bridgehead atoms. The van der Waals surface area contributed by atoms with Gasteiger partial charge in [-0.1, -0.05) is 103 Å². The Morgan fingerprint density at radius 1 is 0.729 bits per heavy atom. The summed E-state index contributed by atoms with van der Waals surface area (Å²) in [7, 11) is 0. The number of nitro benzene ring substituents is 1. The Bertz CT molecular complexity index is 1860. The Morgan fingerprint density at radius 2 is 1.29 bits per heavy atom. The average Bonchev–Trinajstić information content (AvgIpc) is 3.43. The minimum atomic E-state index is -1.10. The molecule has 1 aliphatic carbocycles. The van der Waals surface area contributed by atoms with Crippen LogP contribution < -0.4 is 10.1 Å². The van der Waals surface area contributed by atoms with Gasteiger partial charge in [0.2, 0.25) is 0 Å². The van der Waals surface area contributed by atoms with Crippen molar-refractivity contribution in [2.24, 2.45) is 0 Å². The standard InChI is InChI=1S/C39H34N2O7/c1-26-10-12-28(13-11-26)23-46-31-20-16-29(17-21-31)24-47-38(42)37(22-27-14-18-30(19-15-27)41(44)45)40-39(43)48-25-36-34-8-4-2-6-32(34)33-7-3-5-9-35(33)36/h2-21,36-37H,22-25H2,1H3,(H,40,43)/t37-/m0/s1. The first-order valence-corrected chi connectivity index (χ1v) is 15.6. The van der Waals surface area contributed by atoms with Crippen LogP contribution in [0, 0.1) is 17.0 Å². The van der Waals surface area contributed by atoms with E-state index < -0.39 is 23.0 Å². The van der Waals surface area contributed by atoms with Crippen molar-refractivity contribution < 1.29 is 28.7 Å². The van der Waals surface area contributed by atoms with Gasteiger partial charge in [0.15, 0.2) is 0 Å². The summed E-state index contributed by atoms with van der Waals surface area (Å²) in [6.07, 6.45) is -0.719. The highest BCUT2D eigenvalue weighted by molar-refractivity contribution is 5.82. The van der Waals surface area contributed by atoms with Crippen LogP contribution in [0.15, 0.2) is 121 Å². The van der Waals surface area contributed by atoms with E-state index in [0.717, 1.165) is 33.4 Å². The lowest BCUT2D eigenvalue weighted by Gasteiger charge is -2.19. The van der Waals surface area contributed by atoms with Gasteiger partial charge in [-0.05, 0) is 58.0 Å². The summed E-state index contributed by atoms with van der Waals surface area (Å²) < 4.78 is 17.2. The van der Waals surface area contributed by atoms with E-state index in [1.807, 2.05) is 79.7 Å². The van der Waals surface area contributed by atoms with Crippen molar-refractivity contribution in [1.29, 1.82) is 0 Å². The first-order valence-electron chi connectivity index (χ1n) is 15.6. The van der Waals surface area contributed by atoms with Gasteiger partial charge in [0.25, 0.3) is 5.69 Å². The van der Waals surface area contributed by atoms with Crippen LogP contribution in [0.5, 0.6) is 5.75 Å². The predicted octanol–water partition coefficient (Wildman–Crippen LogP) is 7.68. The Kier molecular flexibility index (Phi) is 9.76. The van der Waals surface area contributed by atoms with Crippen molar-refractivity contribution in [2.45, 2.75) is 38.5 Å². The quantitative estimate of drug-likeness (QED) is 0.0843. The van der Waals surface area contributed by atoms with Crippen molar-refractivity contribution >= 4 is 17.7 Å². The Labute approximate surface area is 278 Å². The Hall–Kier alpha value is -5.96. The third kappa shape index (κ3) is 7.70. The van der Waals surface area contributed by atoms with Gasteiger partial charge in [-0.2, -0.15) is 0 Å². The SMILES string of the molecule is Cc1ccc(COc2ccc(COC(=O)[C@H](Cc3ccc([N+](=O)[O-])cc3)NC(=O)OCC3c4ccccc4-c4ccccc43)cc2)cc1. The van der Waals surface area contributed by atoms with Gasteiger partial charge >= 0.3 is 12.1 Å². The number of nitrogens with one attached hydrogen (secondary N) is 1. The number of carbonyl (C=O) groups excluding carboxylic acids is 2. The molecule has 9 heteroatoms. The highest BCUT2D eigenvalue weighted by Gasteiger charge is 2.30. The second-order valence-electron chi connectivity index (χ2n) is 11.7. The molecule has 6 rings (SSSR count). The number of carbonyl (C=O) groups is 2. The van der Waals surface area contributed by atoms with Gasteiger partial charge < -0.3 is 19.5 Å². The number of nitrogens with zero attached hydrogens (tertiary/aromatic N) is 1. The lowest BCUT2D eigenvalue weighted by molar-refractivity contribution is -0.384. The fourth-order valence-electron chi connectivity index (χ4n) is 5.75. The van der Waals surface area contributed by atoms with Crippen molar-refractivity contribution in [1.82, 2.24) is 5.32 Å². The number of esters is 1. The monoisotopic (exact) mass is 642 g/mol. The van der Waals surface area contributed by atoms with E-state index >= 15 is 0 Å². The number of rotatable bonds is 12. The fraction of sp³-hybridized carbons (Fsp3) is 0.179. The van der Waals surface area contributed by atoms with Crippen molar-refractivity contribution in [2.75, 3.05) is 6.61 Å². The number of nitro groups is 1. The van der Waals surface area contributed by atoms with Crippen molar-refractivity contribution in [3.05, 3.63) is 165 Å². The maximum absolute atomic E-state index is 13.3. The third-order valence-electron chi connectivity index (χ3n) is 8.34. The van der Waals surface area contributed by atoms with E-state index in [1.54, 1.807) is 24.3 Å². The molecular weight excluding hydrogens is 608 g/mol. The molecule has 0 spiro atoms. The number of aryl methyl sites for hydroxylation is 1. The summed E-state index contributed by atoms with van der Waals surface area (Å²) in [6.45, 7) is 2.52. The van der Waals surface area contributed by atoms with Gasteiger partial charge in [0.05, 0.1) is 4.92 Å². The minimum absolute atomic E-state index is 0.0276. The van der Waals surface area contributed by atoms with Crippen LogP contribution in [-0.2, 0) is 33.9 Å². The van der Waals surface area contributed by atoms with Crippen LogP contribution in [0.25, 0.3) is 11.1 Å². The molecule has 1 N–H and O–H groups in total. The molecule has 0 aliphatic heterocycles. The number of hydrogen-bond acceptors (Lipinski definition) is 7. The average molecular weight is 643 g/mol. The molecule has 1 aliphatic rings. The van der Waals surface area contributed by atoms with Gasteiger partial charge in [-0.15, -0.1) is 0 Å². The predicted molar refractivity (Wildman–Crippen MR) is 181 cm³/mol. The van der Waals surface area contributed by atoms with Crippen LogP contribution in [0.4, 0.5) is 10.5 Å². The topological polar surface area (TPSA) is 117 Å². The van der Waals surface area contributed by atoms with Gasteiger partial charge in [-0.25, -0.2) is 9.59 Å². The summed E-state index contributed by atoms with van der Waals surface area (Å²) in [4.78, 5) is 37.1. The zero-order valence-corrected chi connectivity index (χ0v) is 26.3. The van der Waals surface area contributed by atoms with Crippen LogP contribution >= 0.6 is 0 Å². The lowest BCUT2D eigenvalue weighted by atomic mass is 9.98. The zero-order chi connectivity index (χ0) is 33.5. The van der Waals surface area contributed by atoms with Crippen LogP contribution in [0.2, 0.25) is 0 Å². The van der Waals surface area contributed by atoms with E-state index in [1.165, 1.54) is 17.7 Å². The van der Waals surface area contributed by atoms with Crippen LogP contribution in [0.3, 0.4) is 0 Å². The molecule has 0 radical (unpaired) electrons. The molecular formula is C39H34N2O7. The van der Waals surface area contributed by atoms with E-state index in [9.17, 15) is 19.7 Å². The summed E-state index contributed by atoms with van der Waals surface area (Å²) in [5, 5.41) is 13.8. The molecule has 0 unspecified atom stereocenters. The number of amides is 1. The molecule has 1 amide bonds. The summed E-state index contributed by atoms with van der Waals surface area (Å²) in [6, 6.07) is 36.1. The van der Waals surface area contributed by atoms with Gasteiger partial charge in [0, 0.05) is 24.5 Å². The number of fused-ring (bicyclic) bond motifs is 3. The second-order valence-corrected chi connectivity index (χ2v) is 11.7. The molecule has 9 nitrogen and oxygen atoms in total. The largest absolute Gasteiger partial charge is 0.489 e. The lowest BCUT2D eigenvalue weighted by Crippen LogP contribution is -2.43. The summed E-state index contributed by atoms with van der Waals surface area (Å²) >= 11 is 0. The van der Waals surface area contributed by atoms with Crippen molar-refractivity contribution in [3.63, 3.8) is 0 Å². The molecule has 242 valence electrons. The highest BCUT2D eigenvalue weighted by Crippen LogP contribution is 2.44. The van der Waals surface area contributed by atoms with Gasteiger partial charge in [0.1, 0.15) is 31.6 Å². The summed E-state index contributed by atoms with van der Waals surface area (Å²) in [5.41, 5.74) is 7.86. The first kappa shape index (κ1) is 32.0. The minimum Gasteiger partial charge on any atom is -0.489 e. The van der Waals surface area contributed by atoms with E-state index in [4.69, 9.17) is 14.2 Å². The molecule has 0 fully saturated rings. The number of benzene rings is 5. The normalized spacial score (nSPS) is 12.4. The second kappa shape index (κ2) is 14.6. The number of hydrogen-bond donors (Lipinski definition) is 1. The molecule has 0 saturated carbocycles. The number of alkyl carbamates (subject to hydrolysis) is 1. The molecule has 5 aromatic carbocycles. The Balaban J connectivity index is 1.09. The molecule has 1 atom stereocenters. The molecule has 5 aromatic rings. The van der Waals surface area contributed by atoms with Gasteiger partial charge in [-0.3, -0.25) is 10.1 Å². The van der Waals surface area contributed by atoms with E-state index in [2.05, 4.69) is 17.4 Å². The number of non-ortho nitro benzene ring substituents is 1. The molecule has 48 heavy (non-hydrogen) atoms. The van der Waals surface area contributed by atoms with Crippen LogP contribution in [0.1, 0.15) is 39.3 Å². The fourth-order valence-corrected chi connectivity index (χ4v) is 5.75. The maximum Gasteiger partial charge on any atom is 0.407 e. The molecule has 0 heterocycles. The maximum atomic E-state index is 13.3. The number of ether oxygens (including phenoxy) is 3. The third-order valence-corrected chi connectivity index (χ3v) is 8.34. The molecule has 0 aromatic heterocycles. The smallest absolute Gasteiger partial charge is 0.407 e.